The maximum absolute atomic E-state index is 13.3. The minimum atomic E-state index is -0.782. The van der Waals surface area contributed by atoms with Gasteiger partial charge < -0.3 is 19.9 Å². The molecule has 0 unspecified atom stereocenters. The highest BCUT2D eigenvalue weighted by atomic mass is 19.1. The van der Waals surface area contributed by atoms with E-state index in [4.69, 9.17) is 4.74 Å². The molecule has 5 amide bonds. The fraction of sp³-hybridized carbons (Fsp3) is 0.500. The number of halogens is 1. The maximum Gasteiger partial charge on any atom is 0.409 e. The van der Waals surface area contributed by atoms with Crippen molar-refractivity contribution in [3.8, 4) is 0 Å². The number of nitrogens with zero attached hydrogens (tertiary/aromatic N) is 3. The van der Waals surface area contributed by atoms with Crippen molar-refractivity contribution < 1.29 is 28.3 Å². The van der Waals surface area contributed by atoms with Crippen LogP contribution in [0.25, 0.3) is 0 Å². The van der Waals surface area contributed by atoms with Gasteiger partial charge in [0.2, 0.25) is 5.91 Å². The van der Waals surface area contributed by atoms with Crippen molar-refractivity contribution in [3.63, 3.8) is 0 Å². The first-order valence-corrected chi connectivity index (χ1v) is 9.95. The molecule has 2 aliphatic heterocycles. The SMILES string of the molecule is CCOC(=O)N1CCN(C(=O)CC[C@H]2NC(=O)N(Cc3cccc(F)c3)C2=O)CC1. The highest BCUT2D eigenvalue weighted by Crippen LogP contribution is 2.17. The van der Waals surface area contributed by atoms with E-state index in [0.29, 0.717) is 38.3 Å². The number of carbonyl (C=O) groups excluding carboxylic acids is 4. The van der Waals surface area contributed by atoms with Crippen molar-refractivity contribution in [3.05, 3.63) is 35.6 Å². The highest BCUT2D eigenvalue weighted by molar-refractivity contribution is 6.04. The van der Waals surface area contributed by atoms with Crippen LogP contribution in [0.2, 0.25) is 0 Å². The van der Waals surface area contributed by atoms with Crippen LogP contribution in [-0.2, 0) is 20.9 Å². The van der Waals surface area contributed by atoms with Crippen LogP contribution >= 0.6 is 0 Å². The van der Waals surface area contributed by atoms with E-state index in [9.17, 15) is 23.6 Å². The first kappa shape index (κ1) is 21.5. The van der Waals surface area contributed by atoms with Gasteiger partial charge in [-0.05, 0) is 31.0 Å². The molecule has 0 radical (unpaired) electrons. The van der Waals surface area contributed by atoms with Gasteiger partial charge in [-0.25, -0.2) is 14.0 Å². The fourth-order valence-corrected chi connectivity index (χ4v) is 3.52. The van der Waals surface area contributed by atoms with Crippen LogP contribution in [0.3, 0.4) is 0 Å². The summed E-state index contributed by atoms with van der Waals surface area (Å²) in [7, 11) is 0. The Hall–Kier alpha value is -3.17. The molecule has 10 heteroatoms. The minimum absolute atomic E-state index is 0.0251. The van der Waals surface area contributed by atoms with E-state index in [1.165, 1.54) is 18.2 Å². The predicted octanol–water partition coefficient (Wildman–Crippen LogP) is 1.33. The van der Waals surface area contributed by atoms with E-state index in [-0.39, 0.29) is 31.4 Å². The van der Waals surface area contributed by atoms with Gasteiger partial charge in [-0.2, -0.15) is 0 Å². The third kappa shape index (κ3) is 5.05. The van der Waals surface area contributed by atoms with Crippen LogP contribution < -0.4 is 5.32 Å². The topological polar surface area (TPSA) is 99.3 Å². The molecule has 3 rings (SSSR count). The van der Waals surface area contributed by atoms with E-state index in [1.54, 1.807) is 22.8 Å². The zero-order chi connectivity index (χ0) is 21.7. The molecule has 9 nitrogen and oxygen atoms in total. The molecule has 0 aromatic heterocycles. The Balaban J connectivity index is 1.47. The average molecular weight is 420 g/mol. The smallest absolute Gasteiger partial charge is 0.409 e. The lowest BCUT2D eigenvalue weighted by atomic mass is 10.1. The summed E-state index contributed by atoms with van der Waals surface area (Å²) in [6.45, 7) is 3.59. The quantitative estimate of drug-likeness (QED) is 0.700. The third-order valence-corrected chi connectivity index (χ3v) is 5.14. The number of urea groups is 1. The fourth-order valence-electron chi connectivity index (χ4n) is 3.52. The van der Waals surface area contributed by atoms with Crippen LogP contribution in [0.5, 0.6) is 0 Å². The number of imide groups is 1. The first-order chi connectivity index (χ1) is 14.4. The molecular formula is C20H25FN4O5. The molecule has 2 fully saturated rings. The molecule has 162 valence electrons. The Morgan fingerprint density at radius 1 is 1.17 bits per heavy atom. The monoisotopic (exact) mass is 420 g/mol. The lowest BCUT2D eigenvalue weighted by Gasteiger charge is -2.34. The van der Waals surface area contributed by atoms with E-state index < -0.39 is 23.8 Å². The normalized spacial score (nSPS) is 19.1. The molecular weight excluding hydrogens is 395 g/mol. The lowest BCUT2D eigenvalue weighted by molar-refractivity contribution is -0.133. The summed E-state index contributed by atoms with van der Waals surface area (Å²) in [5.74, 6) is -1.00. The van der Waals surface area contributed by atoms with Gasteiger partial charge in [0.05, 0.1) is 13.2 Å². The van der Waals surface area contributed by atoms with Crippen molar-refractivity contribution >= 4 is 23.9 Å². The van der Waals surface area contributed by atoms with Gasteiger partial charge in [0.25, 0.3) is 5.91 Å². The second-order valence-corrected chi connectivity index (χ2v) is 7.16. The van der Waals surface area contributed by atoms with Gasteiger partial charge in [0.1, 0.15) is 11.9 Å². The van der Waals surface area contributed by atoms with Gasteiger partial charge in [-0.15, -0.1) is 0 Å². The number of hydrogen-bond acceptors (Lipinski definition) is 5. The summed E-state index contributed by atoms with van der Waals surface area (Å²) in [5, 5.41) is 2.59. The van der Waals surface area contributed by atoms with E-state index in [2.05, 4.69) is 5.32 Å². The van der Waals surface area contributed by atoms with Crippen LogP contribution in [0, 0.1) is 5.82 Å². The molecule has 1 atom stereocenters. The number of amides is 5. The van der Waals surface area contributed by atoms with Crippen LogP contribution in [0.4, 0.5) is 14.0 Å². The third-order valence-electron chi connectivity index (χ3n) is 5.14. The van der Waals surface area contributed by atoms with Crippen molar-refractivity contribution in [1.29, 1.82) is 0 Å². The summed E-state index contributed by atoms with van der Waals surface area (Å²) in [4.78, 5) is 53.1. The first-order valence-electron chi connectivity index (χ1n) is 9.95. The molecule has 1 aromatic carbocycles. The lowest BCUT2D eigenvalue weighted by Crippen LogP contribution is -2.50. The number of benzene rings is 1. The van der Waals surface area contributed by atoms with Gasteiger partial charge in [0, 0.05) is 32.6 Å². The molecule has 0 spiro atoms. The number of hydrogen-bond donors (Lipinski definition) is 1. The number of carbonyl (C=O) groups is 4. The van der Waals surface area contributed by atoms with Crippen LogP contribution in [0.15, 0.2) is 24.3 Å². The number of nitrogens with one attached hydrogen (secondary N) is 1. The van der Waals surface area contributed by atoms with Gasteiger partial charge in [-0.1, -0.05) is 12.1 Å². The molecule has 1 N–H and O–H groups in total. The second kappa shape index (κ2) is 9.55. The summed E-state index contributed by atoms with van der Waals surface area (Å²) < 4.78 is 18.3. The minimum Gasteiger partial charge on any atom is -0.450 e. The molecule has 2 heterocycles. The molecule has 2 saturated heterocycles. The highest BCUT2D eigenvalue weighted by Gasteiger charge is 2.38. The Bertz CT molecular complexity index is 825. The number of rotatable bonds is 6. The zero-order valence-corrected chi connectivity index (χ0v) is 16.8. The molecule has 1 aromatic rings. The van der Waals surface area contributed by atoms with Crippen molar-refractivity contribution in [2.75, 3.05) is 32.8 Å². The average Bonchev–Trinajstić information content (AvgIpc) is 3.00. The second-order valence-electron chi connectivity index (χ2n) is 7.16. The van der Waals surface area contributed by atoms with E-state index in [1.807, 2.05) is 0 Å². The van der Waals surface area contributed by atoms with E-state index >= 15 is 0 Å². The summed E-state index contributed by atoms with van der Waals surface area (Å²) in [6.07, 6.45) is -0.104. The number of piperazine rings is 1. The summed E-state index contributed by atoms with van der Waals surface area (Å²) in [6, 6.07) is 4.38. The molecule has 0 aliphatic carbocycles. The summed E-state index contributed by atoms with van der Waals surface area (Å²) in [5.41, 5.74) is 0.509. The Morgan fingerprint density at radius 2 is 1.87 bits per heavy atom. The van der Waals surface area contributed by atoms with Gasteiger partial charge in [-0.3, -0.25) is 14.5 Å². The molecule has 30 heavy (non-hydrogen) atoms. The van der Waals surface area contributed by atoms with Crippen LogP contribution in [0.1, 0.15) is 25.3 Å². The predicted molar refractivity (Wildman–Crippen MR) is 104 cm³/mol. The van der Waals surface area contributed by atoms with Crippen molar-refractivity contribution in [1.82, 2.24) is 20.0 Å². The Labute approximate surface area is 173 Å². The van der Waals surface area contributed by atoms with Crippen molar-refractivity contribution in [2.24, 2.45) is 0 Å². The molecule has 0 saturated carbocycles. The number of ether oxygens (including phenoxy) is 1. The van der Waals surface area contributed by atoms with Crippen LogP contribution in [-0.4, -0.2) is 77.5 Å². The van der Waals surface area contributed by atoms with Gasteiger partial charge >= 0.3 is 12.1 Å². The largest absolute Gasteiger partial charge is 0.450 e. The Kier molecular flexibility index (Phi) is 6.86. The zero-order valence-electron chi connectivity index (χ0n) is 16.8. The Morgan fingerprint density at radius 3 is 2.53 bits per heavy atom. The molecule has 0 bridgehead atoms. The van der Waals surface area contributed by atoms with E-state index in [0.717, 1.165) is 4.90 Å². The standard InChI is InChI=1S/C20H25FN4O5/c1-2-30-20(29)24-10-8-23(9-11-24)17(26)7-6-16-18(27)25(19(28)22-16)13-14-4-3-5-15(21)12-14/h3-5,12,16H,2,6-11,13H2,1H3,(H,22,28)/t16-/m1/s1. The molecule has 2 aliphatic rings. The van der Waals surface area contributed by atoms with Gasteiger partial charge in [0.15, 0.2) is 0 Å². The maximum atomic E-state index is 13.3. The summed E-state index contributed by atoms with van der Waals surface area (Å²) >= 11 is 0. The van der Waals surface area contributed by atoms with Crippen molar-refractivity contribution in [2.45, 2.75) is 32.4 Å².